The van der Waals surface area contributed by atoms with Crippen molar-refractivity contribution in [3.63, 3.8) is 0 Å². The standard InChI is InChI=1S/C16H20N2O/c1-12-7-8-18-14(9-12)11-17-16(18)10-13-3-5-15(19-2)6-4-13/h3-6,11-12H,7-10H2,1-2H3. The molecule has 1 aliphatic heterocycles. The number of imidazole rings is 1. The molecule has 0 fully saturated rings. The lowest BCUT2D eigenvalue weighted by Crippen LogP contribution is -2.18. The predicted molar refractivity (Wildman–Crippen MR) is 75.5 cm³/mol. The molecule has 19 heavy (non-hydrogen) atoms. The Labute approximate surface area is 114 Å². The number of hydrogen-bond acceptors (Lipinski definition) is 2. The molecule has 0 saturated carbocycles. The molecule has 0 spiro atoms. The van der Waals surface area contributed by atoms with Gasteiger partial charge in [-0.25, -0.2) is 4.98 Å². The van der Waals surface area contributed by atoms with E-state index in [-0.39, 0.29) is 0 Å². The normalized spacial score (nSPS) is 18.1. The fraction of sp³-hybridized carbons (Fsp3) is 0.438. The van der Waals surface area contributed by atoms with E-state index in [1.54, 1.807) is 7.11 Å². The summed E-state index contributed by atoms with van der Waals surface area (Å²) in [4.78, 5) is 4.60. The van der Waals surface area contributed by atoms with Gasteiger partial charge in [-0.3, -0.25) is 0 Å². The van der Waals surface area contributed by atoms with Crippen molar-refractivity contribution >= 4 is 0 Å². The maximum absolute atomic E-state index is 5.19. The topological polar surface area (TPSA) is 27.1 Å². The van der Waals surface area contributed by atoms with Crippen molar-refractivity contribution in [3.8, 4) is 5.75 Å². The second-order valence-electron chi connectivity index (χ2n) is 5.44. The van der Waals surface area contributed by atoms with Crippen molar-refractivity contribution in [2.75, 3.05) is 7.11 Å². The molecule has 1 atom stereocenters. The van der Waals surface area contributed by atoms with Crippen molar-refractivity contribution in [2.45, 2.75) is 32.7 Å². The first-order valence-electron chi connectivity index (χ1n) is 6.92. The fourth-order valence-corrected chi connectivity index (χ4v) is 2.77. The van der Waals surface area contributed by atoms with Gasteiger partial charge in [0.15, 0.2) is 0 Å². The third-order valence-electron chi connectivity index (χ3n) is 3.95. The zero-order valence-electron chi connectivity index (χ0n) is 11.6. The van der Waals surface area contributed by atoms with Gasteiger partial charge in [0.25, 0.3) is 0 Å². The Morgan fingerprint density at radius 3 is 2.84 bits per heavy atom. The first kappa shape index (κ1) is 12.3. The summed E-state index contributed by atoms with van der Waals surface area (Å²) in [6.45, 7) is 3.43. The Morgan fingerprint density at radius 1 is 1.32 bits per heavy atom. The van der Waals surface area contributed by atoms with Crippen molar-refractivity contribution in [1.82, 2.24) is 9.55 Å². The van der Waals surface area contributed by atoms with E-state index in [1.807, 2.05) is 12.1 Å². The van der Waals surface area contributed by atoms with Gasteiger partial charge in [-0.15, -0.1) is 0 Å². The Balaban J connectivity index is 1.79. The third-order valence-corrected chi connectivity index (χ3v) is 3.95. The van der Waals surface area contributed by atoms with E-state index < -0.39 is 0 Å². The molecule has 3 rings (SSSR count). The molecule has 1 aliphatic rings. The van der Waals surface area contributed by atoms with Gasteiger partial charge >= 0.3 is 0 Å². The van der Waals surface area contributed by atoms with Crippen LogP contribution in [0, 0.1) is 5.92 Å². The van der Waals surface area contributed by atoms with E-state index in [1.165, 1.54) is 23.5 Å². The van der Waals surface area contributed by atoms with Crippen molar-refractivity contribution in [1.29, 1.82) is 0 Å². The van der Waals surface area contributed by atoms with Crippen LogP contribution in [0.1, 0.15) is 30.4 Å². The highest BCUT2D eigenvalue weighted by atomic mass is 16.5. The van der Waals surface area contributed by atoms with Crippen LogP contribution in [-0.4, -0.2) is 16.7 Å². The molecule has 1 aromatic heterocycles. The van der Waals surface area contributed by atoms with E-state index in [9.17, 15) is 0 Å². The summed E-state index contributed by atoms with van der Waals surface area (Å²) in [5, 5.41) is 0. The monoisotopic (exact) mass is 256 g/mol. The second-order valence-corrected chi connectivity index (χ2v) is 5.44. The third kappa shape index (κ3) is 2.50. The number of hydrogen-bond donors (Lipinski definition) is 0. The average Bonchev–Trinajstić information content (AvgIpc) is 2.82. The molecule has 2 heterocycles. The summed E-state index contributed by atoms with van der Waals surface area (Å²) < 4.78 is 7.58. The molecule has 0 saturated heterocycles. The molecule has 100 valence electrons. The Kier molecular flexibility index (Phi) is 3.28. The molecule has 0 radical (unpaired) electrons. The molecule has 3 heteroatoms. The van der Waals surface area contributed by atoms with E-state index in [0.29, 0.717) is 0 Å². The molecule has 1 aromatic carbocycles. The minimum atomic E-state index is 0.790. The summed E-state index contributed by atoms with van der Waals surface area (Å²) in [5.41, 5.74) is 2.68. The largest absolute Gasteiger partial charge is 0.497 e. The van der Waals surface area contributed by atoms with Crippen LogP contribution < -0.4 is 4.74 Å². The van der Waals surface area contributed by atoms with Crippen molar-refractivity contribution in [3.05, 3.63) is 47.5 Å². The minimum absolute atomic E-state index is 0.790. The number of rotatable bonds is 3. The van der Waals surface area contributed by atoms with Gasteiger partial charge in [0, 0.05) is 24.9 Å². The number of nitrogens with zero attached hydrogens (tertiary/aromatic N) is 2. The summed E-state index contributed by atoms with van der Waals surface area (Å²) in [6, 6.07) is 8.26. The van der Waals surface area contributed by atoms with E-state index in [2.05, 4.69) is 34.8 Å². The van der Waals surface area contributed by atoms with Crippen LogP contribution in [-0.2, 0) is 19.4 Å². The highest BCUT2D eigenvalue weighted by Crippen LogP contribution is 2.23. The Hall–Kier alpha value is -1.77. The zero-order chi connectivity index (χ0) is 13.2. The SMILES string of the molecule is COc1ccc(Cc2ncc3n2CCC(C)C3)cc1. The van der Waals surface area contributed by atoms with Crippen molar-refractivity contribution in [2.24, 2.45) is 5.92 Å². The quantitative estimate of drug-likeness (QED) is 0.844. The van der Waals surface area contributed by atoms with Gasteiger partial charge in [0.2, 0.25) is 0 Å². The summed E-state index contributed by atoms with van der Waals surface area (Å²) in [5.74, 6) is 2.88. The molecular weight excluding hydrogens is 236 g/mol. The lowest BCUT2D eigenvalue weighted by molar-refractivity contribution is 0.410. The van der Waals surface area contributed by atoms with Gasteiger partial charge in [-0.1, -0.05) is 19.1 Å². The first-order valence-corrected chi connectivity index (χ1v) is 6.92. The van der Waals surface area contributed by atoms with Gasteiger partial charge in [0.05, 0.1) is 7.11 Å². The summed E-state index contributed by atoms with van der Waals surface area (Å²) in [7, 11) is 1.70. The van der Waals surface area contributed by atoms with Crippen LogP contribution in [0.25, 0.3) is 0 Å². The van der Waals surface area contributed by atoms with Crippen LogP contribution in [0.2, 0.25) is 0 Å². The van der Waals surface area contributed by atoms with E-state index >= 15 is 0 Å². The average molecular weight is 256 g/mol. The Bertz CT molecular complexity index is 557. The summed E-state index contributed by atoms with van der Waals surface area (Å²) in [6.07, 6.45) is 5.38. The number of aromatic nitrogens is 2. The minimum Gasteiger partial charge on any atom is -0.497 e. The molecule has 3 nitrogen and oxygen atoms in total. The Morgan fingerprint density at radius 2 is 2.11 bits per heavy atom. The number of benzene rings is 1. The van der Waals surface area contributed by atoms with E-state index in [0.717, 1.165) is 31.1 Å². The molecular formula is C16H20N2O. The number of ether oxygens (including phenoxy) is 1. The van der Waals surface area contributed by atoms with Crippen LogP contribution in [0.3, 0.4) is 0 Å². The van der Waals surface area contributed by atoms with Gasteiger partial charge in [-0.05, 0) is 36.5 Å². The van der Waals surface area contributed by atoms with Crippen molar-refractivity contribution < 1.29 is 4.74 Å². The van der Waals surface area contributed by atoms with E-state index in [4.69, 9.17) is 4.74 Å². The lowest BCUT2D eigenvalue weighted by Gasteiger charge is -2.21. The molecule has 0 N–H and O–H groups in total. The number of methoxy groups -OCH3 is 1. The lowest BCUT2D eigenvalue weighted by atomic mass is 9.98. The van der Waals surface area contributed by atoms with Crippen LogP contribution in [0.5, 0.6) is 5.75 Å². The predicted octanol–water partition coefficient (Wildman–Crippen LogP) is 3.06. The second kappa shape index (κ2) is 5.08. The molecule has 0 amide bonds. The zero-order valence-corrected chi connectivity index (χ0v) is 11.6. The van der Waals surface area contributed by atoms with Gasteiger partial charge < -0.3 is 9.30 Å². The van der Waals surface area contributed by atoms with Crippen LogP contribution >= 0.6 is 0 Å². The molecule has 0 bridgehead atoms. The summed E-state index contributed by atoms with van der Waals surface area (Å²) >= 11 is 0. The maximum Gasteiger partial charge on any atom is 0.118 e. The molecule has 0 aliphatic carbocycles. The number of fused-ring (bicyclic) bond motifs is 1. The molecule has 2 aromatic rings. The highest BCUT2D eigenvalue weighted by Gasteiger charge is 2.18. The smallest absolute Gasteiger partial charge is 0.118 e. The first-order chi connectivity index (χ1) is 9.26. The molecule has 1 unspecified atom stereocenters. The highest BCUT2D eigenvalue weighted by molar-refractivity contribution is 5.29. The van der Waals surface area contributed by atoms with Crippen LogP contribution in [0.15, 0.2) is 30.5 Å². The van der Waals surface area contributed by atoms with Crippen LogP contribution in [0.4, 0.5) is 0 Å². The van der Waals surface area contributed by atoms with Gasteiger partial charge in [-0.2, -0.15) is 0 Å². The fourth-order valence-electron chi connectivity index (χ4n) is 2.77. The maximum atomic E-state index is 5.19. The van der Waals surface area contributed by atoms with Gasteiger partial charge in [0.1, 0.15) is 11.6 Å².